The first kappa shape index (κ1) is 13.1. The van der Waals surface area contributed by atoms with E-state index < -0.39 is 39.5 Å². The number of hydrogen-bond donors (Lipinski definition) is 1. The number of rotatable bonds is 4. The van der Waals surface area contributed by atoms with Crippen LogP contribution in [0.3, 0.4) is 0 Å². The fourth-order valence-corrected chi connectivity index (χ4v) is 1.27. The Morgan fingerprint density at radius 1 is 1.53 bits per heavy atom. The smallest absolute Gasteiger partial charge is 0.387 e. The van der Waals surface area contributed by atoms with Crippen LogP contribution in [0.2, 0.25) is 5.02 Å². The molecule has 17 heavy (non-hydrogen) atoms. The highest BCUT2D eigenvalue weighted by atomic mass is 35.5. The van der Waals surface area contributed by atoms with E-state index in [-0.39, 0.29) is 0 Å². The minimum Gasteiger partial charge on any atom is -0.478 e. The molecule has 6 nitrogen and oxygen atoms in total. The lowest BCUT2D eigenvalue weighted by Gasteiger charge is -2.08. The van der Waals surface area contributed by atoms with E-state index in [0.29, 0.717) is 12.1 Å². The molecular weight excluding hydrogens is 264 g/mol. The number of carboxylic acids is 1. The first-order valence-corrected chi connectivity index (χ1v) is 4.36. The molecule has 0 saturated carbocycles. The Balaban J connectivity index is 3.35. The zero-order chi connectivity index (χ0) is 13.2. The molecule has 0 saturated heterocycles. The lowest BCUT2D eigenvalue weighted by molar-refractivity contribution is -0.384. The Bertz CT molecular complexity index is 479. The van der Waals surface area contributed by atoms with E-state index in [4.69, 9.17) is 16.7 Å². The summed E-state index contributed by atoms with van der Waals surface area (Å²) in [5.41, 5.74) is -1.47. The molecule has 1 aromatic rings. The molecule has 1 aromatic carbocycles. The number of hydrogen-bond acceptors (Lipinski definition) is 4. The van der Waals surface area contributed by atoms with Crippen LogP contribution in [0.25, 0.3) is 0 Å². The van der Waals surface area contributed by atoms with Crippen molar-refractivity contribution in [1.82, 2.24) is 0 Å². The van der Waals surface area contributed by atoms with Crippen LogP contribution < -0.4 is 4.74 Å². The van der Waals surface area contributed by atoms with Gasteiger partial charge in [0, 0.05) is 12.1 Å². The molecule has 0 spiro atoms. The first-order chi connectivity index (χ1) is 7.82. The lowest BCUT2D eigenvalue weighted by Crippen LogP contribution is -2.08. The molecule has 1 rings (SSSR count). The van der Waals surface area contributed by atoms with Crippen LogP contribution in [0.15, 0.2) is 12.1 Å². The summed E-state index contributed by atoms with van der Waals surface area (Å²) in [4.78, 5) is 20.2. The normalized spacial score (nSPS) is 10.4. The molecule has 0 atom stereocenters. The predicted molar refractivity (Wildman–Crippen MR) is 51.7 cm³/mol. The molecule has 92 valence electrons. The van der Waals surface area contributed by atoms with Crippen molar-refractivity contribution in [3.63, 3.8) is 0 Å². The van der Waals surface area contributed by atoms with Crippen LogP contribution in [-0.4, -0.2) is 22.6 Å². The fraction of sp³-hybridized carbons (Fsp3) is 0.125. The fourth-order valence-electron chi connectivity index (χ4n) is 1.04. The Hall–Kier alpha value is -1.96. The molecular formula is C8H4ClF2NO5. The van der Waals surface area contributed by atoms with Gasteiger partial charge >= 0.3 is 12.6 Å². The summed E-state index contributed by atoms with van der Waals surface area (Å²) in [5, 5.41) is 18.7. The van der Waals surface area contributed by atoms with Gasteiger partial charge in [0.25, 0.3) is 5.69 Å². The topological polar surface area (TPSA) is 89.7 Å². The summed E-state index contributed by atoms with van der Waals surface area (Å²) in [7, 11) is 0. The molecule has 0 radical (unpaired) electrons. The predicted octanol–water partition coefficient (Wildman–Crippen LogP) is 2.55. The maximum Gasteiger partial charge on any atom is 0.387 e. The monoisotopic (exact) mass is 267 g/mol. The van der Waals surface area contributed by atoms with Gasteiger partial charge in [-0.05, 0) is 0 Å². The first-order valence-electron chi connectivity index (χ1n) is 3.99. The summed E-state index contributed by atoms with van der Waals surface area (Å²) >= 11 is 5.42. The van der Waals surface area contributed by atoms with Crippen LogP contribution >= 0.6 is 11.6 Å². The Morgan fingerprint density at radius 3 is 2.53 bits per heavy atom. The maximum absolute atomic E-state index is 12.0. The molecule has 0 amide bonds. The number of ether oxygens (including phenoxy) is 1. The van der Waals surface area contributed by atoms with E-state index in [1.807, 2.05) is 0 Å². The zero-order valence-corrected chi connectivity index (χ0v) is 8.65. The molecule has 0 aliphatic carbocycles. The maximum atomic E-state index is 12.0. The molecule has 0 bridgehead atoms. The summed E-state index contributed by atoms with van der Waals surface area (Å²) < 4.78 is 27.8. The van der Waals surface area contributed by atoms with E-state index in [0.717, 1.165) is 0 Å². The van der Waals surface area contributed by atoms with Crippen LogP contribution in [-0.2, 0) is 0 Å². The number of benzene rings is 1. The molecule has 0 heterocycles. The van der Waals surface area contributed by atoms with E-state index in [1.54, 1.807) is 0 Å². The molecule has 9 heteroatoms. The standard InChI is InChI=1S/C8H4ClF2NO5/c9-4-2-6(17-8(10)11)3(7(13)14)1-5(4)12(15)16/h1-2,8H,(H,13,14). The van der Waals surface area contributed by atoms with Crippen molar-refractivity contribution in [2.45, 2.75) is 6.61 Å². The molecule has 0 fully saturated rings. The highest BCUT2D eigenvalue weighted by molar-refractivity contribution is 6.33. The van der Waals surface area contributed by atoms with E-state index in [9.17, 15) is 23.7 Å². The van der Waals surface area contributed by atoms with Gasteiger partial charge in [-0.15, -0.1) is 0 Å². The second-order valence-electron chi connectivity index (χ2n) is 2.74. The zero-order valence-electron chi connectivity index (χ0n) is 7.89. The Labute approximate surface area is 97.5 Å². The number of alkyl halides is 2. The average molecular weight is 268 g/mol. The molecule has 0 aromatic heterocycles. The van der Waals surface area contributed by atoms with Crippen LogP contribution in [0, 0.1) is 10.1 Å². The minimum atomic E-state index is -3.26. The second kappa shape index (κ2) is 4.91. The van der Waals surface area contributed by atoms with Crippen LogP contribution in [0.4, 0.5) is 14.5 Å². The number of nitro benzene ring substituents is 1. The minimum absolute atomic E-state index is 0.490. The number of nitrogens with zero attached hydrogens (tertiary/aromatic N) is 1. The van der Waals surface area contributed by atoms with Crippen molar-refractivity contribution in [2.75, 3.05) is 0 Å². The highest BCUT2D eigenvalue weighted by Crippen LogP contribution is 2.33. The Kier molecular flexibility index (Phi) is 3.79. The largest absolute Gasteiger partial charge is 0.478 e. The van der Waals surface area contributed by atoms with Crippen molar-refractivity contribution >= 4 is 23.3 Å². The van der Waals surface area contributed by atoms with Crippen molar-refractivity contribution < 1.29 is 28.3 Å². The van der Waals surface area contributed by atoms with Crippen molar-refractivity contribution in [1.29, 1.82) is 0 Å². The number of carbonyl (C=O) groups is 1. The van der Waals surface area contributed by atoms with E-state index >= 15 is 0 Å². The Morgan fingerprint density at radius 2 is 2.12 bits per heavy atom. The number of aromatic carboxylic acids is 1. The van der Waals surface area contributed by atoms with Crippen LogP contribution in [0.5, 0.6) is 5.75 Å². The summed E-state index contributed by atoms with van der Waals surface area (Å²) in [6.45, 7) is -3.26. The molecule has 0 aliphatic rings. The van der Waals surface area contributed by atoms with Gasteiger partial charge in [-0.2, -0.15) is 8.78 Å². The molecule has 1 N–H and O–H groups in total. The number of nitro groups is 1. The average Bonchev–Trinajstić information content (AvgIpc) is 2.15. The highest BCUT2D eigenvalue weighted by Gasteiger charge is 2.23. The molecule has 0 unspecified atom stereocenters. The third kappa shape index (κ3) is 3.00. The van der Waals surface area contributed by atoms with Gasteiger partial charge in [0.2, 0.25) is 0 Å². The van der Waals surface area contributed by atoms with Gasteiger partial charge in [0.05, 0.1) is 4.92 Å². The lowest BCUT2D eigenvalue weighted by atomic mass is 10.2. The SMILES string of the molecule is O=C(O)c1cc([N+](=O)[O-])c(Cl)cc1OC(F)F. The number of halogens is 3. The van der Waals surface area contributed by atoms with Gasteiger partial charge in [-0.3, -0.25) is 10.1 Å². The van der Waals surface area contributed by atoms with E-state index in [2.05, 4.69) is 4.74 Å². The van der Waals surface area contributed by atoms with Crippen LogP contribution in [0.1, 0.15) is 10.4 Å². The summed E-state index contributed by atoms with van der Waals surface area (Å²) in [5.74, 6) is -2.37. The van der Waals surface area contributed by atoms with Crippen molar-refractivity contribution in [3.05, 3.63) is 32.8 Å². The quantitative estimate of drug-likeness (QED) is 0.669. The van der Waals surface area contributed by atoms with Crippen molar-refractivity contribution in [3.8, 4) is 5.75 Å². The van der Waals surface area contributed by atoms with Gasteiger partial charge in [0.1, 0.15) is 16.3 Å². The van der Waals surface area contributed by atoms with Gasteiger partial charge < -0.3 is 9.84 Å². The summed E-state index contributed by atoms with van der Waals surface area (Å²) in [6.07, 6.45) is 0. The second-order valence-corrected chi connectivity index (χ2v) is 3.15. The molecule has 0 aliphatic heterocycles. The van der Waals surface area contributed by atoms with Gasteiger partial charge in [-0.25, -0.2) is 4.79 Å². The van der Waals surface area contributed by atoms with Gasteiger partial charge in [-0.1, -0.05) is 11.6 Å². The van der Waals surface area contributed by atoms with Gasteiger partial charge in [0.15, 0.2) is 0 Å². The third-order valence-corrected chi connectivity index (χ3v) is 1.99. The third-order valence-electron chi connectivity index (χ3n) is 1.69. The van der Waals surface area contributed by atoms with Crippen molar-refractivity contribution in [2.24, 2.45) is 0 Å². The summed E-state index contributed by atoms with van der Waals surface area (Å²) in [6, 6.07) is 1.22. The number of carboxylic acid groups (broad SMARTS) is 1. The van der Waals surface area contributed by atoms with E-state index in [1.165, 1.54) is 0 Å².